The summed E-state index contributed by atoms with van der Waals surface area (Å²) in [6.07, 6.45) is 6.46. The van der Waals surface area contributed by atoms with E-state index < -0.39 is 5.91 Å². The molecule has 2 aromatic rings. The molecule has 0 aliphatic heterocycles. The lowest BCUT2D eigenvalue weighted by atomic mass is 10.2. The van der Waals surface area contributed by atoms with Crippen LogP contribution in [0.25, 0.3) is 0 Å². The number of rotatable bonds is 12. The van der Waals surface area contributed by atoms with Crippen LogP contribution in [0, 0.1) is 12.3 Å². The lowest BCUT2D eigenvalue weighted by Crippen LogP contribution is -2.32. The number of esters is 2. The smallest absolute Gasteiger partial charge is 0.306 e. The Morgan fingerprint density at radius 1 is 0.742 bits per heavy atom. The summed E-state index contributed by atoms with van der Waals surface area (Å²) >= 11 is 0. The van der Waals surface area contributed by atoms with Crippen molar-refractivity contribution in [1.29, 1.82) is 0 Å². The minimum absolute atomic E-state index is 0.181. The van der Waals surface area contributed by atoms with Gasteiger partial charge in [-0.15, -0.1) is 6.42 Å². The van der Waals surface area contributed by atoms with Crippen LogP contribution in [0.2, 0.25) is 0 Å². The fourth-order valence-corrected chi connectivity index (χ4v) is 2.86. The summed E-state index contributed by atoms with van der Waals surface area (Å²) < 4.78 is 10.5. The molecule has 0 unspecified atom stereocenters. The van der Waals surface area contributed by atoms with Crippen molar-refractivity contribution in [1.82, 2.24) is 4.90 Å². The largest absolute Gasteiger partial charge is 0.461 e. The van der Waals surface area contributed by atoms with E-state index >= 15 is 0 Å². The predicted molar refractivity (Wildman–Crippen MR) is 116 cm³/mol. The minimum atomic E-state index is -0.463. The number of benzene rings is 2. The lowest BCUT2D eigenvalue weighted by molar-refractivity contribution is -0.145. The SMILES string of the molecule is C#CC(=O)N(CCCC(=O)OCc1ccccc1)CCCC(=O)OCc1ccccc1. The number of amides is 1. The van der Waals surface area contributed by atoms with Gasteiger partial charge in [0.1, 0.15) is 13.2 Å². The average molecular weight is 421 g/mol. The molecule has 0 saturated carbocycles. The van der Waals surface area contributed by atoms with Gasteiger partial charge in [0.2, 0.25) is 0 Å². The molecular weight excluding hydrogens is 394 g/mol. The molecule has 6 nitrogen and oxygen atoms in total. The van der Waals surface area contributed by atoms with E-state index in [2.05, 4.69) is 5.92 Å². The number of ether oxygens (including phenoxy) is 2. The molecule has 0 saturated heterocycles. The second kappa shape index (κ2) is 13.6. The number of carbonyl (C=O) groups excluding carboxylic acids is 3. The molecule has 0 aromatic heterocycles. The maximum Gasteiger partial charge on any atom is 0.306 e. The van der Waals surface area contributed by atoms with Crippen LogP contribution in [0.1, 0.15) is 36.8 Å². The van der Waals surface area contributed by atoms with Gasteiger partial charge in [-0.1, -0.05) is 60.7 Å². The second-order valence-corrected chi connectivity index (χ2v) is 6.94. The van der Waals surface area contributed by atoms with E-state index in [0.29, 0.717) is 25.9 Å². The fraction of sp³-hybridized carbons (Fsp3) is 0.320. The van der Waals surface area contributed by atoms with E-state index in [-0.39, 0.29) is 38.0 Å². The average Bonchev–Trinajstić information content (AvgIpc) is 2.81. The maximum atomic E-state index is 11.9. The van der Waals surface area contributed by atoms with E-state index in [1.807, 2.05) is 60.7 Å². The van der Waals surface area contributed by atoms with Crippen LogP contribution in [0.15, 0.2) is 60.7 Å². The summed E-state index contributed by atoms with van der Waals surface area (Å²) in [5, 5.41) is 0. The third kappa shape index (κ3) is 9.64. The molecular formula is C25H27NO5. The zero-order valence-electron chi connectivity index (χ0n) is 17.5. The predicted octanol–water partition coefficient (Wildman–Crippen LogP) is 3.50. The molecule has 2 aromatic carbocycles. The molecule has 0 heterocycles. The Hall–Kier alpha value is -3.59. The van der Waals surface area contributed by atoms with Crippen LogP contribution in [0.4, 0.5) is 0 Å². The van der Waals surface area contributed by atoms with Crippen molar-refractivity contribution in [3.63, 3.8) is 0 Å². The van der Waals surface area contributed by atoms with Gasteiger partial charge < -0.3 is 14.4 Å². The molecule has 0 atom stereocenters. The fourth-order valence-electron chi connectivity index (χ4n) is 2.86. The first-order chi connectivity index (χ1) is 15.1. The summed E-state index contributed by atoms with van der Waals surface area (Å²) in [6.45, 7) is 1.08. The van der Waals surface area contributed by atoms with Crippen LogP contribution in [0.3, 0.4) is 0 Å². The third-order valence-electron chi connectivity index (χ3n) is 4.51. The Bertz CT molecular complexity index is 812. The number of carbonyl (C=O) groups is 3. The van der Waals surface area contributed by atoms with Gasteiger partial charge in [-0.2, -0.15) is 0 Å². The molecule has 0 aliphatic carbocycles. The highest BCUT2D eigenvalue weighted by Crippen LogP contribution is 2.06. The van der Waals surface area contributed by atoms with E-state index in [1.54, 1.807) is 0 Å². The number of hydrogen-bond acceptors (Lipinski definition) is 5. The summed E-state index contributed by atoms with van der Waals surface area (Å²) in [7, 11) is 0. The Kier molecular flexibility index (Phi) is 10.4. The first kappa shape index (κ1) is 23.7. The molecule has 1 amide bonds. The molecule has 6 heteroatoms. The van der Waals surface area contributed by atoms with Crippen LogP contribution in [0.5, 0.6) is 0 Å². The molecule has 0 aliphatic rings. The summed E-state index contributed by atoms with van der Waals surface area (Å²) in [4.78, 5) is 37.2. The number of nitrogens with zero attached hydrogens (tertiary/aromatic N) is 1. The zero-order valence-corrected chi connectivity index (χ0v) is 17.5. The molecule has 31 heavy (non-hydrogen) atoms. The van der Waals surface area contributed by atoms with Crippen molar-refractivity contribution in [2.24, 2.45) is 0 Å². The Labute approximate surface area is 183 Å². The van der Waals surface area contributed by atoms with Crippen molar-refractivity contribution >= 4 is 17.8 Å². The standard InChI is InChI=1S/C25H27NO5/c1-2-23(27)26(17-9-15-24(28)30-19-21-11-5-3-6-12-21)18-10-16-25(29)31-20-22-13-7-4-8-14-22/h1,3-8,11-14H,9-10,15-20H2. The van der Waals surface area contributed by atoms with Gasteiger partial charge in [0.15, 0.2) is 0 Å². The van der Waals surface area contributed by atoms with Gasteiger partial charge in [-0.05, 0) is 29.9 Å². The van der Waals surface area contributed by atoms with Crippen LogP contribution in [-0.2, 0) is 37.1 Å². The van der Waals surface area contributed by atoms with Gasteiger partial charge >= 0.3 is 11.9 Å². The molecule has 0 N–H and O–H groups in total. The first-order valence-electron chi connectivity index (χ1n) is 10.2. The molecule has 2 rings (SSSR count). The normalized spacial score (nSPS) is 10.0. The van der Waals surface area contributed by atoms with Crippen molar-refractivity contribution in [2.75, 3.05) is 13.1 Å². The van der Waals surface area contributed by atoms with Gasteiger partial charge in [0.25, 0.3) is 5.91 Å². The maximum absolute atomic E-state index is 11.9. The van der Waals surface area contributed by atoms with Crippen LogP contribution in [-0.4, -0.2) is 35.8 Å². The first-order valence-corrected chi connectivity index (χ1v) is 10.2. The molecule has 0 spiro atoms. The monoisotopic (exact) mass is 421 g/mol. The van der Waals surface area contributed by atoms with E-state index in [4.69, 9.17) is 15.9 Å². The van der Waals surface area contributed by atoms with Gasteiger partial charge in [-0.25, -0.2) is 0 Å². The number of terminal acetylenes is 1. The quantitative estimate of drug-likeness (QED) is 0.387. The van der Waals surface area contributed by atoms with Crippen molar-refractivity contribution in [3.05, 3.63) is 71.8 Å². The molecule has 162 valence electrons. The third-order valence-corrected chi connectivity index (χ3v) is 4.51. The molecule has 0 fully saturated rings. The zero-order chi connectivity index (χ0) is 22.3. The second-order valence-electron chi connectivity index (χ2n) is 6.94. The Balaban J connectivity index is 1.65. The molecule has 0 bridgehead atoms. The van der Waals surface area contributed by atoms with Crippen molar-refractivity contribution in [3.8, 4) is 12.3 Å². The van der Waals surface area contributed by atoms with Crippen LogP contribution < -0.4 is 0 Å². The van der Waals surface area contributed by atoms with Crippen LogP contribution >= 0.6 is 0 Å². The van der Waals surface area contributed by atoms with E-state index in [1.165, 1.54) is 4.90 Å². The van der Waals surface area contributed by atoms with E-state index in [0.717, 1.165) is 11.1 Å². The lowest BCUT2D eigenvalue weighted by Gasteiger charge is -2.19. The van der Waals surface area contributed by atoms with Gasteiger partial charge in [-0.3, -0.25) is 14.4 Å². The summed E-state index contributed by atoms with van der Waals surface area (Å²) in [5.74, 6) is 0.963. The van der Waals surface area contributed by atoms with Gasteiger partial charge in [0, 0.05) is 25.9 Å². The highest BCUT2D eigenvalue weighted by Gasteiger charge is 2.13. The Morgan fingerprint density at radius 3 is 1.55 bits per heavy atom. The number of hydrogen-bond donors (Lipinski definition) is 0. The highest BCUT2D eigenvalue weighted by molar-refractivity contribution is 5.92. The Morgan fingerprint density at radius 2 is 1.16 bits per heavy atom. The summed E-state index contributed by atoms with van der Waals surface area (Å²) in [6, 6.07) is 18.8. The van der Waals surface area contributed by atoms with Crippen molar-refractivity contribution in [2.45, 2.75) is 38.9 Å². The van der Waals surface area contributed by atoms with Gasteiger partial charge in [0.05, 0.1) is 0 Å². The summed E-state index contributed by atoms with van der Waals surface area (Å²) in [5.41, 5.74) is 1.83. The molecule has 0 radical (unpaired) electrons. The topological polar surface area (TPSA) is 72.9 Å². The highest BCUT2D eigenvalue weighted by atomic mass is 16.5. The van der Waals surface area contributed by atoms with Crippen molar-refractivity contribution < 1.29 is 23.9 Å². The van der Waals surface area contributed by atoms with E-state index in [9.17, 15) is 14.4 Å². The minimum Gasteiger partial charge on any atom is -0.461 e.